The molecular formula is C17H21FN4O2S. The highest BCUT2D eigenvalue weighted by Crippen LogP contribution is 2.27. The zero-order valence-corrected chi connectivity index (χ0v) is 14.9. The number of aromatic nitrogens is 2. The highest BCUT2D eigenvalue weighted by molar-refractivity contribution is 7.91. The van der Waals surface area contributed by atoms with Gasteiger partial charge in [0.25, 0.3) is 0 Å². The molecule has 3 heterocycles. The Kier molecular flexibility index (Phi) is 4.13. The van der Waals surface area contributed by atoms with Crippen LogP contribution in [-0.4, -0.2) is 71.7 Å². The highest BCUT2D eigenvalue weighted by Gasteiger charge is 2.45. The van der Waals surface area contributed by atoms with Crippen molar-refractivity contribution in [1.29, 1.82) is 0 Å². The van der Waals surface area contributed by atoms with Gasteiger partial charge in [-0.3, -0.25) is 9.80 Å². The lowest BCUT2D eigenvalue weighted by Gasteiger charge is -2.42. The first-order chi connectivity index (χ1) is 11.9. The maximum Gasteiger partial charge on any atom is 0.153 e. The van der Waals surface area contributed by atoms with Gasteiger partial charge in [-0.15, -0.1) is 0 Å². The number of fused-ring (bicyclic) bond motifs is 1. The van der Waals surface area contributed by atoms with Crippen LogP contribution in [0.4, 0.5) is 4.39 Å². The molecule has 2 aliphatic rings. The minimum Gasteiger partial charge on any atom is -0.300 e. The summed E-state index contributed by atoms with van der Waals surface area (Å²) in [5.41, 5.74) is 1.82. The molecule has 6 nitrogen and oxygen atoms in total. The molecule has 134 valence electrons. The Hall–Kier alpha value is -1.77. The van der Waals surface area contributed by atoms with Gasteiger partial charge in [0.15, 0.2) is 9.84 Å². The molecule has 0 saturated carbocycles. The van der Waals surface area contributed by atoms with Gasteiger partial charge in [-0.05, 0) is 31.3 Å². The predicted octanol–water partition coefficient (Wildman–Crippen LogP) is 0.924. The number of hydrogen-bond donors (Lipinski definition) is 0. The van der Waals surface area contributed by atoms with E-state index in [1.807, 2.05) is 13.2 Å². The Balaban J connectivity index is 1.51. The van der Waals surface area contributed by atoms with E-state index in [1.165, 1.54) is 12.1 Å². The number of halogens is 1. The van der Waals surface area contributed by atoms with Crippen LogP contribution in [0, 0.1) is 5.82 Å². The molecule has 0 radical (unpaired) electrons. The van der Waals surface area contributed by atoms with Gasteiger partial charge < -0.3 is 0 Å². The molecule has 2 saturated heterocycles. The second-order valence-electron chi connectivity index (χ2n) is 6.93. The topological polar surface area (TPSA) is 58.4 Å². The van der Waals surface area contributed by atoms with Crippen LogP contribution in [0.25, 0.3) is 5.69 Å². The number of sulfone groups is 1. The molecule has 2 aromatic rings. The monoisotopic (exact) mass is 364 g/mol. The molecule has 0 N–H and O–H groups in total. The maximum atomic E-state index is 13.0. The first kappa shape index (κ1) is 16.7. The van der Waals surface area contributed by atoms with Crippen molar-refractivity contribution in [2.24, 2.45) is 0 Å². The lowest BCUT2D eigenvalue weighted by Crippen LogP contribution is -2.57. The number of piperazine rings is 1. The van der Waals surface area contributed by atoms with Crippen molar-refractivity contribution in [1.82, 2.24) is 19.6 Å². The second-order valence-corrected chi connectivity index (χ2v) is 9.09. The quantitative estimate of drug-likeness (QED) is 0.811. The van der Waals surface area contributed by atoms with Crippen LogP contribution in [0.5, 0.6) is 0 Å². The number of benzene rings is 1. The molecule has 2 aliphatic heterocycles. The van der Waals surface area contributed by atoms with Crippen LogP contribution in [0.15, 0.2) is 36.7 Å². The van der Waals surface area contributed by atoms with Crippen LogP contribution >= 0.6 is 0 Å². The average molecular weight is 364 g/mol. The van der Waals surface area contributed by atoms with Crippen LogP contribution in [0.3, 0.4) is 0 Å². The summed E-state index contributed by atoms with van der Waals surface area (Å²) < 4.78 is 38.9. The summed E-state index contributed by atoms with van der Waals surface area (Å²) in [5, 5.41) is 4.35. The summed E-state index contributed by atoms with van der Waals surface area (Å²) >= 11 is 0. The summed E-state index contributed by atoms with van der Waals surface area (Å²) in [7, 11) is -0.966. The number of hydrogen-bond acceptors (Lipinski definition) is 5. The van der Waals surface area contributed by atoms with Crippen molar-refractivity contribution >= 4 is 9.84 Å². The van der Waals surface area contributed by atoms with E-state index < -0.39 is 9.84 Å². The molecule has 2 atom stereocenters. The Bertz CT molecular complexity index is 865. The lowest BCUT2D eigenvalue weighted by molar-refractivity contribution is 0.0573. The molecule has 0 aliphatic carbocycles. The van der Waals surface area contributed by atoms with Gasteiger partial charge in [-0.1, -0.05) is 0 Å². The Morgan fingerprint density at radius 2 is 1.88 bits per heavy atom. The fraction of sp³-hybridized carbons (Fsp3) is 0.471. The lowest BCUT2D eigenvalue weighted by atomic mass is 10.1. The SMILES string of the molecule is CN1CCN(Cc2cnn(-c3ccc(F)cc3)c2)[C@@H]2CS(=O)(=O)C[C@@H]21. The van der Waals surface area contributed by atoms with E-state index in [4.69, 9.17) is 0 Å². The fourth-order valence-corrected chi connectivity index (χ4v) is 5.89. The van der Waals surface area contributed by atoms with E-state index in [2.05, 4.69) is 14.9 Å². The predicted molar refractivity (Wildman–Crippen MR) is 92.8 cm³/mol. The molecule has 0 spiro atoms. The van der Waals surface area contributed by atoms with E-state index in [-0.39, 0.29) is 29.4 Å². The minimum atomic E-state index is -2.97. The minimum absolute atomic E-state index is 0.0397. The molecule has 1 aromatic heterocycles. The van der Waals surface area contributed by atoms with Gasteiger partial charge in [0.1, 0.15) is 5.82 Å². The number of nitrogens with zero attached hydrogens (tertiary/aromatic N) is 4. The number of rotatable bonds is 3. The van der Waals surface area contributed by atoms with Crippen LogP contribution < -0.4 is 0 Å². The molecule has 8 heteroatoms. The van der Waals surface area contributed by atoms with Crippen molar-refractivity contribution in [2.75, 3.05) is 31.6 Å². The maximum absolute atomic E-state index is 13.0. The summed E-state index contributed by atoms with van der Waals surface area (Å²) in [6.45, 7) is 2.38. The zero-order valence-electron chi connectivity index (χ0n) is 14.0. The van der Waals surface area contributed by atoms with Crippen molar-refractivity contribution in [3.63, 3.8) is 0 Å². The highest BCUT2D eigenvalue weighted by atomic mass is 32.2. The summed E-state index contributed by atoms with van der Waals surface area (Å²) in [6.07, 6.45) is 3.71. The van der Waals surface area contributed by atoms with Crippen molar-refractivity contribution < 1.29 is 12.8 Å². The fourth-order valence-electron chi connectivity index (χ4n) is 3.81. The van der Waals surface area contributed by atoms with Crippen molar-refractivity contribution in [3.05, 3.63) is 48.0 Å². The van der Waals surface area contributed by atoms with Gasteiger partial charge in [0, 0.05) is 43.5 Å². The largest absolute Gasteiger partial charge is 0.300 e. The van der Waals surface area contributed by atoms with E-state index in [0.717, 1.165) is 24.3 Å². The van der Waals surface area contributed by atoms with E-state index in [1.54, 1.807) is 23.0 Å². The molecule has 4 rings (SSSR count). The summed E-state index contributed by atoms with van der Waals surface area (Å²) in [5.74, 6) is 0.204. The first-order valence-electron chi connectivity index (χ1n) is 8.35. The van der Waals surface area contributed by atoms with Crippen LogP contribution in [-0.2, 0) is 16.4 Å². The normalized spacial score (nSPS) is 26.6. The number of likely N-dealkylation sites (N-methyl/N-ethyl adjacent to an activating group) is 1. The van der Waals surface area contributed by atoms with Gasteiger partial charge in [-0.2, -0.15) is 5.10 Å². The average Bonchev–Trinajstić information content (AvgIpc) is 3.15. The molecule has 25 heavy (non-hydrogen) atoms. The van der Waals surface area contributed by atoms with Gasteiger partial charge >= 0.3 is 0 Å². The van der Waals surface area contributed by atoms with Crippen molar-refractivity contribution in [3.8, 4) is 5.69 Å². The Morgan fingerprint density at radius 1 is 1.16 bits per heavy atom. The molecule has 2 fully saturated rings. The second kappa shape index (κ2) is 6.19. The van der Waals surface area contributed by atoms with Gasteiger partial charge in [-0.25, -0.2) is 17.5 Å². The van der Waals surface area contributed by atoms with E-state index in [9.17, 15) is 12.8 Å². The van der Waals surface area contributed by atoms with Gasteiger partial charge in [0.2, 0.25) is 0 Å². The van der Waals surface area contributed by atoms with Crippen LogP contribution in [0.1, 0.15) is 5.56 Å². The molecule has 1 aromatic carbocycles. The smallest absolute Gasteiger partial charge is 0.153 e. The first-order valence-corrected chi connectivity index (χ1v) is 10.2. The summed E-state index contributed by atoms with van der Waals surface area (Å²) in [4.78, 5) is 4.41. The van der Waals surface area contributed by atoms with E-state index in [0.29, 0.717) is 6.54 Å². The van der Waals surface area contributed by atoms with Crippen LogP contribution in [0.2, 0.25) is 0 Å². The molecule has 0 unspecified atom stereocenters. The third-order valence-corrected chi connectivity index (χ3v) is 6.88. The zero-order chi connectivity index (χ0) is 17.6. The Morgan fingerprint density at radius 3 is 2.64 bits per heavy atom. The summed E-state index contributed by atoms with van der Waals surface area (Å²) in [6, 6.07) is 6.29. The van der Waals surface area contributed by atoms with E-state index >= 15 is 0 Å². The third kappa shape index (κ3) is 3.33. The van der Waals surface area contributed by atoms with Crippen molar-refractivity contribution in [2.45, 2.75) is 18.6 Å². The third-order valence-electron chi connectivity index (χ3n) is 5.18. The Labute approximate surface area is 146 Å². The van der Waals surface area contributed by atoms with Gasteiger partial charge in [0.05, 0.1) is 23.4 Å². The molecule has 0 amide bonds. The molecule has 0 bridgehead atoms. The standard InChI is InChI=1S/C17H21FN4O2S/c1-20-6-7-21(17-12-25(23,24)11-16(17)20)9-13-8-19-22(10-13)15-4-2-14(18)3-5-15/h2-5,8,10,16-17H,6-7,9,11-12H2,1H3/t16-,17+/m0/s1. The molecular weight excluding hydrogens is 343 g/mol.